The van der Waals surface area contributed by atoms with Crippen LogP contribution in [-0.4, -0.2) is 42.9 Å². The number of carbonyl (C=O) groups is 2. The summed E-state index contributed by atoms with van der Waals surface area (Å²) in [5.74, 6) is 0.0169. The maximum atomic E-state index is 13.0. The van der Waals surface area contributed by atoms with Crippen molar-refractivity contribution in [1.29, 1.82) is 0 Å². The molecule has 1 atom stereocenters. The van der Waals surface area contributed by atoms with Crippen molar-refractivity contribution in [2.75, 3.05) is 26.2 Å². The van der Waals surface area contributed by atoms with Gasteiger partial charge in [-0.15, -0.1) is 0 Å². The van der Waals surface area contributed by atoms with E-state index in [0.29, 0.717) is 26.1 Å². The molecule has 0 aromatic heterocycles. The van der Waals surface area contributed by atoms with Gasteiger partial charge in [0.05, 0.1) is 5.92 Å². The molecule has 2 rings (SSSR count). The third-order valence-electron chi connectivity index (χ3n) is 4.59. The Morgan fingerprint density at radius 3 is 2.67 bits per heavy atom. The summed E-state index contributed by atoms with van der Waals surface area (Å²) in [5.41, 5.74) is 6.12. The lowest BCUT2D eigenvalue weighted by Crippen LogP contribution is -2.50. The van der Waals surface area contributed by atoms with Crippen LogP contribution in [0, 0.1) is 11.3 Å². The Bertz CT molecular complexity index is 557. The zero-order valence-electron chi connectivity index (χ0n) is 14.8. The Labute approximate surface area is 144 Å². The van der Waals surface area contributed by atoms with Gasteiger partial charge in [-0.25, -0.2) is 0 Å². The van der Waals surface area contributed by atoms with Gasteiger partial charge in [0.1, 0.15) is 0 Å². The fourth-order valence-corrected chi connectivity index (χ4v) is 3.33. The summed E-state index contributed by atoms with van der Waals surface area (Å²) in [7, 11) is 0. The SMILES string of the molecule is CC(C)(Cc1ccccc1)C(=O)N1CCCC(C(=O)NCCN)C1. The fraction of sp³-hybridized carbons (Fsp3) is 0.579. The second-order valence-corrected chi connectivity index (χ2v) is 7.22. The van der Waals surface area contributed by atoms with Crippen molar-refractivity contribution in [2.24, 2.45) is 17.1 Å². The molecule has 1 unspecified atom stereocenters. The smallest absolute Gasteiger partial charge is 0.228 e. The predicted molar refractivity (Wildman–Crippen MR) is 95.3 cm³/mol. The minimum absolute atomic E-state index is 0.0128. The summed E-state index contributed by atoms with van der Waals surface area (Å²) in [4.78, 5) is 27.0. The molecular formula is C19H29N3O2. The normalized spacial score (nSPS) is 18.3. The largest absolute Gasteiger partial charge is 0.355 e. The fourth-order valence-electron chi connectivity index (χ4n) is 3.33. The van der Waals surface area contributed by atoms with Gasteiger partial charge in [0.15, 0.2) is 0 Å². The van der Waals surface area contributed by atoms with Gasteiger partial charge in [-0.3, -0.25) is 9.59 Å². The van der Waals surface area contributed by atoms with Crippen molar-refractivity contribution in [3.05, 3.63) is 35.9 Å². The van der Waals surface area contributed by atoms with E-state index in [-0.39, 0.29) is 17.7 Å². The van der Waals surface area contributed by atoms with E-state index in [1.54, 1.807) is 0 Å². The Morgan fingerprint density at radius 1 is 1.29 bits per heavy atom. The number of piperidine rings is 1. The lowest BCUT2D eigenvalue weighted by molar-refractivity contribution is -0.143. The molecular weight excluding hydrogens is 302 g/mol. The second-order valence-electron chi connectivity index (χ2n) is 7.22. The third kappa shape index (κ3) is 4.81. The number of carbonyl (C=O) groups excluding carboxylic acids is 2. The molecule has 1 fully saturated rings. The van der Waals surface area contributed by atoms with E-state index in [2.05, 4.69) is 5.32 Å². The first-order chi connectivity index (χ1) is 11.4. The van der Waals surface area contributed by atoms with Crippen LogP contribution in [0.25, 0.3) is 0 Å². The number of nitrogens with one attached hydrogen (secondary N) is 1. The third-order valence-corrected chi connectivity index (χ3v) is 4.59. The highest BCUT2D eigenvalue weighted by Gasteiger charge is 2.36. The van der Waals surface area contributed by atoms with Crippen molar-refractivity contribution in [3.8, 4) is 0 Å². The monoisotopic (exact) mass is 331 g/mol. The number of hydrogen-bond donors (Lipinski definition) is 2. The van der Waals surface area contributed by atoms with Crippen LogP contribution in [0.15, 0.2) is 30.3 Å². The molecule has 0 saturated carbocycles. The van der Waals surface area contributed by atoms with E-state index in [0.717, 1.165) is 24.9 Å². The van der Waals surface area contributed by atoms with Gasteiger partial charge in [-0.05, 0) is 24.8 Å². The summed E-state index contributed by atoms with van der Waals surface area (Å²) in [6.45, 7) is 6.14. The van der Waals surface area contributed by atoms with Crippen molar-refractivity contribution in [2.45, 2.75) is 33.1 Å². The molecule has 1 aromatic rings. The summed E-state index contributed by atoms with van der Waals surface area (Å²) in [6, 6.07) is 10.1. The van der Waals surface area contributed by atoms with E-state index >= 15 is 0 Å². The predicted octanol–water partition coefficient (Wildman–Crippen LogP) is 1.57. The van der Waals surface area contributed by atoms with Gasteiger partial charge >= 0.3 is 0 Å². The van der Waals surface area contributed by atoms with Crippen LogP contribution >= 0.6 is 0 Å². The lowest BCUT2D eigenvalue weighted by atomic mass is 9.83. The van der Waals surface area contributed by atoms with Gasteiger partial charge < -0.3 is 16.0 Å². The summed E-state index contributed by atoms with van der Waals surface area (Å²) < 4.78 is 0. The number of rotatable bonds is 6. The molecule has 1 aromatic carbocycles. The standard InChI is InChI=1S/C19H29N3O2/c1-19(2,13-15-7-4-3-5-8-15)18(24)22-12-6-9-16(14-22)17(23)21-11-10-20/h3-5,7-8,16H,6,9-14,20H2,1-2H3,(H,21,23). The van der Waals surface area contributed by atoms with Crippen LogP contribution in [-0.2, 0) is 16.0 Å². The van der Waals surface area contributed by atoms with Gasteiger partial charge in [0.25, 0.3) is 0 Å². The minimum Gasteiger partial charge on any atom is -0.355 e. The highest BCUT2D eigenvalue weighted by molar-refractivity contribution is 5.84. The summed E-state index contributed by atoms with van der Waals surface area (Å²) in [6.07, 6.45) is 2.40. The van der Waals surface area contributed by atoms with Crippen molar-refractivity contribution in [3.63, 3.8) is 0 Å². The molecule has 1 aliphatic rings. The first kappa shape index (κ1) is 18.5. The molecule has 0 radical (unpaired) electrons. The van der Waals surface area contributed by atoms with Crippen molar-refractivity contribution < 1.29 is 9.59 Å². The summed E-state index contributed by atoms with van der Waals surface area (Å²) in [5, 5.41) is 2.84. The number of nitrogens with two attached hydrogens (primary N) is 1. The van der Waals surface area contributed by atoms with Gasteiger partial charge in [0.2, 0.25) is 11.8 Å². The number of hydrogen-bond acceptors (Lipinski definition) is 3. The van der Waals surface area contributed by atoms with E-state index < -0.39 is 5.41 Å². The topological polar surface area (TPSA) is 75.4 Å². The first-order valence-electron chi connectivity index (χ1n) is 8.75. The van der Waals surface area contributed by atoms with Crippen molar-refractivity contribution in [1.82, 2.24) is 10.2 Å². The highest BCUT2D eigenvalue weighted by Crippen LogP contribution is 2.27. The molecule has 0 spiro atoms. The lowest BCUT2D eigenvalue weighted by Gasteiger charge is -2.37. The van der Waals surface area contributed by atoms with Gasteiger partial charge in [-0.2, -0.15) is 0 Å². The van der Waals surface area contributed by atoms with Crippen LogP contribution in [0.1, 0.15) is 32.3 Å². The molecule has 24 heavy (non-hydrogen) atoms. The highest BCUT2D eigenvalue weighted by atomic mass is 16.2. The molecule has 3 N–H and O–H groups in total. The Balaban J connectivity index is 1.98. The van der Waals surface area contributed by atoms with E-state index in [9.17, 15) is 9.59 Å². The zero-order chi connectivity index (χ0) is 17.6. The van der Waals surface area contributed by atoms with Gasteiger partial charge in [-0.1, -0.05) is 44.2 Å². The average molecular weight is 331 g/mol. The van der Waals surface area contributed by atoms with Crippen LogP contribution in [0.3, 0.4) is 0 Å². The quantitative estimate of drug-likeness (QED) is 0.831. The molecule has 5 heteroatoms. The molecule has 1 aliphatic heterocycles. The molecule has 1 saturated heterocycles. The molecule has 0 bridgehead atoms. The Kier molecular flexibility index (Phi) is 6.37. The number of nitrogens with zero attached hydrogens (tertiary/aromatic N) is 1. The maximum absolute atomic E-state index is 13.0. The molecule has 5 nitrogen and oxygen atoms in total. The van der Waals surface area contributed by atoms with Crippen LogP contribution in [0.5, 0.6) is 0 Å². The average Bonchev–Trinajstić information content (AvgIpc) is 2.59. The van der Waals surface area contributed by atoms with Crippen LogP contribution < -0.4 is 11.1 Å². The van der Waals surface area contributed by atoms with E-state index in [1.165, 1.54) is 0 Å². The minimum atomic E-state index is -0.475. The summed E-state index contributed by atoms with van der Waals surface area (Å²) >= 11 is 0. The molecule has 1 heterocycles. The van der Waals surface area contributed by atoms with Crippen molar-refractivity contribution >= 4 is 11.8 Å². The van der Waals surface area contributed by atoms with Gasteiger partial charge in [0, 0.05) is 31.6 Å². The number of likely N-dealkylation sites (tertiary alicyclic amines) is 1. The zero-order valence-corrected chi connectivity index (χ0v) is 14.8. The molecule has 0 aliphatic carbocycles. The molecule has 2 amide bonds. The number of benzene rings is 1. The number of amides is 2. The van der Waals surface area contributed by atoms with Crippen LogP contribution in [0.2, 0.25) is 0 Å². The van der Waals surface area contributed by atoms with Crippen LogP contribution in [0.4, 0.5) is 0 Å². The first-order valence-corrected chi connectivity index (χ1v) is 8.75. The Hall–Kier alpha value is -1.88. The van der Waals surface area contributed by atoms with E-state index in [1.807, 2.05) is 49.1 Å². The second kappa shape index (κ2) is 8.29. The molecule has 132 valence electrons. The maximum Gasteiger partial charge on any atom is 0.228 e. The Morgan fingerprint density at radius 2 is 2.00 bits per heavy atom. The van der Waals surface area contributed by atoms with E-state index in [4.69, 9.17) is 5.73 Å².